The lowest BCUT2D eigenvalue weighted by Gasteiger charge is -2.23. The van der Waals surface area contributed by atoms with E-state index in [9.17, 15) is 12.8 Å². The zero-order valence-corrected chi connectivity index (χ0v) is 13.8. The van der Waals surface area contributed by atoms with E-state index in [2.05, 4.69) is 9.82 Å². The third kappa shape index (κ3) is 4.04. The van der Waals surface area contributed by atoms with Crippen LogP contribution in [0, 0.1) is 5.82 Å². The number of nitrogens with zero attached hydrogens (tertiary/aromatic N) is 2. The molecule has 2 aromatic rings. The summed E-state index contributed by atoms with van der Waals surface area (Å²) in [6.07, 6.45) is 2.43. The number of nitrogens with two attached hydrogens (primary N) is 1. The van der Waals surface area contributed by atoms with Gasteiger partial charge in [0.05, 0.1) is 12.4 Å². The van der Waals surface area contributed by atoms with E-state index in [4.69, 9.17) is 5.73 Å². The summed E-state index contributed by atoms with van der Waals surface area (Å²) in [6.45, 7) is 3.49. The van der Waals surface area contributed by atoms with E-state index < -0.39 is 21.4 Å². The summed E-state index contributed by atoms with van der Waals surface area (Å²) in [6, 6.07) is 5.98. The van der Waals surface area contributed by atoms with E-state index in [1.165, 1.54) is 29.2 Å². The average Bonchev–Trinajstić information content (AvgIpc) is 2.88. The Kier molecular flexibility index (Phi) is 5.69. The Morgan fingerprint density at radius 1 is 1.36 bits per heavy atom. The van der Waals surface area contributed by atoms with Crippen molar-refractivity contribution in [1.29, 1.82) is 0 Å². The molecule has 2 rings (SSSR count). The molecule has 0 radical (unpaired) electrons. The number of benzene rings is 1. The molecule has 3 N–H and O–H groups in total. The van der Waals surface area contributed by atoms with E-state index >= 15 is 0 Å². The van der Waals surface area contributed by atoms with Gasteiger partial charge in [-0.05, 0) is 26.0 Å². The summed E-state index contributed by atoms with van der Waals surface area (Å²) < 4.78 is 41.8. The zero-order valence-electron chi connectivity index (χ0n) is 12.2. The van der Waals surface area contributed by atoms with Crippen LogP contribution in [0.1, 0.15) is 13.8 Å². The van der Waals surface area contributed by atoms with Crippen molar-refractivity contribution in [3.8, 4) is 5.69 Å². The third-order valence-electron chi connectivity index (χ3n) is 2.89. The normalized spacial score (nSPS) is 12.0. The minimum absolute atomic E-state index is 0. The van der Waals surface area contributed by atoms with Gasteiger partial charge >= 0.3 is 0 Å². The van der Waals surface area contributed by atoms with Gasteiger partial charge < -0.3 is 5.73 Å². The number of nitrogens with one attached hydrogen (secondary N) is 1. The number of rotatable bonds is 5. The van der Waals surface area contributed by atoms with Crippen LogP contribution in [0.3, 0.4) is 0 Å². The molecule has 1 heterocycles. The quantitative estimate of drug-likeness (QED) is 0.855. The predicted octanol–water partition coefficient (Wildman–Crippen LogP) is 1.45. The van der Waals surface area contributed by atoms with E-state index in [0.717, 1.165) is 0 Å². The smallest absolute Gasteiger partial charge is 0.244 e. The van der Waals surface area contributed by atoms with E-state index in [0.29, 0.717) is 0 Å². The van der Waals surface area contributed by atoms with Gasteiger partial charge in [-0.3, -0.25) is 0 Å². The molecule has 22 heavy (non-hydrogen) atoms. The van der Waals surface area contributed by atoms with Crippen molar-refractivity contribution in [2.45, 2.75) is 24.3 Å². The van der Waals surface area contributed by atoms with Crippen LogP contribution in [0.2, 0.25) is 0 Å². The second-order valence-corrected chi connectivity index (χ2v) is 6.95. The SMILES string of the molecule is CC(C)(CN)NS(=O)(=O)c1cnn(-c2ccccc2F)c1.Cl. The van der Waals surface area contributed by atoms with Crippen LogP contribution in [-0.4, -0.2) is 30.3 Å². The number of aromatic nitrogens is 2. The highest BCUT2D eigenvalue weighted by Gasteiger charge is 2.26. The van der Waals surface area contributed by atoms with E-state index in [1.807, 2.05) is 0 Å². The summed E-state index contributed by atoms with van der Waals surface area (Å²) >= 11 is 0. The molecule has 0 unspecified atom stereocenters. The fraction of sp³-hybridized carbons (Fsp3) is 0.308. The molecule has 122 valence electrons. The first-order chi connectivity index (χ1) is 9.75. The summed E-state index contributed by atoms with van der Waals surface area (Å²) in [5, 5.41) is 3.90. The van der Waals surface area contributed by atoms with Gasteiger partial charge in [0.15, 0.2) is 0 Å². The van der Waals surface area contributed by atoms with Gasteiger partial charge in [-0.25, -0.2) is 22.2 Å². The van der Waals surface area contributed by atoms with Crippen molar-refractivity contribution in [2.75, 3.05) is 6.54 Å². The highest BCUT2D eigenvalue weighted by atomic mass is 35.5. The molecular weight excluding hydrogens is 331 g/mol. The topological polar surface area (TPSA) is 90.0 Å². The Balaban J connectivity index is 0.00000242. The molecule has 0 amide bonds. The Morgan fingerprint density at radius 2 is 2.00 bits per heavy atom. The molecule has 0 saturated carbocycles. The molecule has 0 fully saturated rings. The Hall–Kier alpha value is -1.48. The third-order valence-corrected chi connectivity index (χ3v) is 4.54. The first kappa shape index (κ1) is 18.6. The molecule has 6 nitrogen and oxygen atoms in total. The van der Waals surface area contributed by atoms with Crippen molar-refractivity contribution in [2.24, 2.45) is 5.73 Å². The van der Waals surface area contributed by atoms with Gasteiger partial charge in [0, 0.05) is 12.1 Å². The minimum Gasteiger partial charge on any atom is -0.329 e. The summed E-state index contributed by atoms with van der Waals surface area (Å²) in [4.78, 5) is -0.0488. The van der Waals surface area contributed by atoms with Crippen LogP contribution in [0.5, 0.6) is 0 Å². The van der Waals surface area contributed by atoms with Crippen LogP contribution in [0.25, 0.3) is 5.69 Å². The zero-order chi connectivity index (χ0) is 15.7. The first-order valence-electron chi connectivity index (χ1n) is 6.29. The molecule has 9 heteroatoms. The Bertz CT molecular complexity index is 746. The maximum absolute atomic E-state index is 13.7. The van der Waals surface area contributed by atoms with Crippen LogP contribution in [-0.2, 0) is 10.0 Å². The molecule has 0 aliphatic carbocycles. The predicted molar refractivity (Wildman–Crippen MR) is 84.2 cm³/mol. The van der Waals surface area contributed by atoms with E-state index in [1.54, 1.807) is 26.0 Å². The monoisotopic (exact) mass is 348 g/mol. The van der Waals surface area contributed by atoms with Crippen LogP contribution in [0.4, 0.5) is 4.39 Å². The molecule has 0 spiro atoms. The molecule has 0 saturated heterocycles. The largest absolute Gasteiger partial charge is 0.329 e. The van der Waals surface area contributed by atoms with Gasteiger partial charge in [-0.2, -0.15) is 5.10 Å². The lowest BCUT2D eigenvalue weighted by Crippen LogP contribution is -2.48. The Labute approximate surface area is 135 Å². The number of para-hydroxylation sites is 1. The second kappa shape index (κ2) is 6.74. The minimum atomic E-state index is -3.77. The molecule has 1 aromatic carbocycles. The number of hydrogen-bond acceptors (Lipinski definition) is 4. The van der Waals surface area contributed by atoms with E-state index in [-0.39, 0.29) is 29.5 Å². The second-order valence-electron chi connectivity index (χ2n) is 5.27. The average molecular weight is 349 g/mol. The summed E-state index contributed by atoms with van der Waals surface area (Å²) in [5.74, 6) is -0.486. The van der Waals surface area contributed by atoms with Gasteiger partial charge in [-0.1, -0.05) is 12.1 Å². The van der Waals surface area contributed by atoms with Crippen molar-refractivity contribution in [3.63, 3.8) is 0 Å². The maximum atomic E-state index is 13.7. The highest BCUT2D eigenvalue weighted by molar-refractivity contribution is 7.89. The van der Waals surface area contributed by atoms with Crippen molar-refractivity contribution < 1.29 is 12.8 Å². The maximum Gasteiger partial charge on any atom is 0.244 e. The van der Waals surface area contributed by atoms with Crippen molar-refractivity contribution in [1.82, 2.24) is 14.5 Å². The highest BCUT2D eigenvalue weighted by Crippen LogP contribution is 2.16. The number of sulfonamides is 1. The lowest BCUT2D eigenvalue weighted by atomic mass is 10.1. The number of hydrogen-bond donors (Lipinski definition) is 2. The van der Waals surface area contributed by atoms with Crippen LogP contribution >= 0.6 is 12.4 Å². The van der Waals surface area contributed by atoms with Gasteiger partial charge in [0.2, 0.25) is 10.0 Å². The molecule has 0 atom stereocenters. The standard InChI is InChI=1S/C13H17FN4O2S.ClH/c1-13(2,9-15)17-21(19,20)10-7-16-18(8-10)12-6-4-3-5-11(12)14;/h3-8,17H,9,15H2,1-2H3;1H. The van der Waals surface area contributed by atoms with Gasteiger partial charge in [0.1, 0.15) is 16.4 Å². The first-order valence-corrected chi connectivity index (χ1v) is 7.77. The molecular formula is C13H18ClFN4O2S. The molecule has 0 aliphatic rings. The van der Waals surface area contributed by atoms with Crippen LogP contribution < -0.4 is 10.5 Å². The Morgan fingerprint density at radius 3 is 2.59 bits per heavy atom. The molecule has 0 bridgehead atoms. The van der Waals surface area contributed by atoms with Crippen LogP contribution in [0.15, 0.2) is 41.6 Å². The summed E-state index contributed by atoms with van der Waals surface area (Å²) in [5.41, 5.74) is 4.91. The summed E-state index contributed by atoms with van der Waals surface area (Å²) in [7, 11) is -3.77. The van der Waals surface area contributed by atoms with Gasteiger partial charge in [0.25, 0.3) is 0 Å². The van der Waals surface area contributed by atoms with Crippen molar-refractivity contribution in [3.05, 3.63) is 42.5 Å². The van der Waals surface area contributed by atoms with Gasteiger partial charge in [-0.15, -0.1) is 12.4 Å². The number of halogens is 2. The fourth-order valence-corrected chi connectivity index (χ4v) is 3.03. The lowest BCUT2D eigenvalue weighted by molar-refractivity contribution is 0.462. The molecule has 0 aliphatic heterocycles. The van der Waals surface area contributed by atoms with Crippen molar-refractivity contribution >= 4 is 22.4 Å². The fourth-order valence-electron chi connectivity index (χ4n) is 1.68. The molecule has 1 aromatic heterocycles.